The van der Waals surface area contributed by atoms with E-state index >= 15 is 0 Å². The Balaban J connectivity index is 1.49. The predicted molar refractivity (Wildman–Crippen MR) is 102 cm³/mol. The first-order chi connectivity index (χ1) is 13.3. The number of ether oxygens (including phenoxy) is 1. The van der Waals surface area contributed by atoms with Crippen molar-refractivity contribution in [2.24, 2.45) is 34.5 Å². The van der Waals surface area contributed by atoms with Crippen LogP contribution in [0.15, 0.2) is 11.6 Å². The Hall–Kier alpha value is -1.20. The predicted octanol–water partition coefficient (Wildman–Crippen LogP) is 2.78. The molecule has 0 bridgehead atoms. The molecule has 1 aliphatic heterocycles. The van der Waals surface area contributed by atoms with E-state index < -0.39 is 5.60 Å². The quantitative estimate of drug-likeness (QED) is 0.561. The van der Waals surface area contributed by atoms with Crippen molar-refractivity contribution >= 4 is 12.3 Å². The molecule has 154 valence electrons. The highest BCUT2D eigenvalue weighted by Crippen LogP contribution is 2.69. The van der Waals surface area contributed by atoms with E-state index in [-0.39, 0.29) is 46.6 Å². The summed E-state index contributed by atoms with van der Waals surface area (Å²) in [7, 11) is 0. The van der Waals surface area contributed by atoms with E-state index in [4.69, 9.17) is 4.74 Å². The lowest BCUT2D eigenvalue weighted by atomic mass is 9.43. The van der Waals surface area contributed by atoms with Gasteiger partial charge >= 0.3 is 5.97 Å². The summed E-state index contributed by atoms with van der Waals surface area (Å²) in [6, 6.07) is 0. The lowest BCUT2D eigenvalue weighted by Gasteiger charge is -2.62. The molecule has 5 aliphatic rings. The van der Waals surface area contributed by atoms with Crippen molar-refractivity contribution in [1.82, 2.24) is 0 Å². The summed E-state index contributed by atoms with van der Waals surface area (Å²) in [5.41, 5.74) is -0.381. The van der Waals surface area contributed by atoms with Crippen molar-refractivity contribution in [2.75, 3.05) is 6.61 Å². The van der Waals surface area contributed by atoms with Gasteiger partial charge in [0, 0.05) is 16.9 Å². The second-order valence-corrected chi connectivity index (χ2v) is 10.4. The molecular formula is C23H32O5. The van der Waals surface area contributed by atoms with E-state index in [0.29, 0.717) is 13.0 Å². The number of aliphatic hydroxyl groups excluding tert-OH is 1. The van der Waals surface area contributed by atoms with Crippen LogP contribution in [0.5, 0.6) is 0 Å². The number of carbonyl (C=O) groups excluding carboxylic acids is 2. The largest absolute Gasteiger partial charge is 0.458 e. The molecule has 5 rings (SSSR count). The van der Waals surface area contributed by atoms with Gasteiger partial charge in [-0.15, -0.1) is 0 Å². The fourth-order valence-electron chi connectivity index (χ4n) is 8.31. The Labute approximate surface area is 166 Å². The summed E-state index contributed by atoms with van der Waals surface area (Å²) < 4.78 is 5.17. The van der Waals surface area contributed by atoms with Crippen LogP contribution in [0.25, 0.3) is 0 Å². The first-order valence-corrected chi connectivity index (χ1v) is 11.1. The highest BCUT2D eigenvalue weighted by Gasteiger charge is 2.68. The number of esters is 1. The van der Waals surface area contributed by atoms with Crippen molar-refractivity contribution < 1.29 is 24.5 Å². The number of fused-ring (bicyclic) bond motifs is 5. The molecule has 0 amide bonds. The Bertz CT molecular complexity index is 731. The van der Waals surface area contributed by atoms with E-state index in [9.17, 15) is 19.8 Å². The second-order valence-electron chi connectivity index (χ2n) is 10.4. The molecule has 8 atom stereocenters. The summed E-state index contributed by atoms with van der Waals surface area (Å²) in [5.74, 6) is 0.519. The lowest BCUT2D eigenvalue weighted by Crippen LogP contribution is -2.63. The van der Waals surface area contributed by atoms with Crippen molar-refractivity contribution in [1.29, 1.82) is 0 Å². The van der Waals surface area contributed by atoms with Crippen LogP contribution in [0.4, 0.5) is 0 Å². The number of hydrogen-bond donors (Lipinski definition) is 2. The van der Waals surface area contributed by atoms with Gasteiger partial charge in [0.25, 0.3) is 0 Å². The van der Waals surface area contributed by atoms with Crippen LogP contribution < -0.4 is 0 Å². The van der Waals surface area contributed by atoms with Gasteiger partial charge in [0.15, 0.2) is 0 Å². The molecule has 28 heavy (non-hydrogen) atoms. The molecule has 0 radical (unpaired) electrons. The zero-order chi connectivity index (χ0) is 19.7. The monoisotopic (exact) mass is 388 g/mol. The SMILES string of the molecule is CC12CCC3C(CC[C@H]4CC(O)CCC34C=O)C1(O)CCC2C1=CC(=O)OC1. The van der Waals surface area contributed by atoms with Gasteiger partial charge in [-0.3, -0.25) is 0 Å². The third kappa shape index (κ3) is 2.26. The minimum Gasteiger partial charge on any atom is -0.458 e. The molecule has 0 aromatic rings. The van der Waals surface area contributed by atoms with Gasteiger partial charge in [-0.2, -0.15) is 0 Å². The van der Waals surface area contributed by atoms with E-state index in [1.54, 1.807) is 6.08 Å². The first kappa shape index (κ1) is 18.8. The maximum absolute atomic E-state index is 12.4. The summed E-state index contributed by atoms with van der Waals surface area (Å²) in [6.07, 6.45) is 10.1. The Morgan fingerprint density at radius 3 is 2.64 bits per heavy atom. The van der Waals surface area contributed by atoms with Gasteiger partial charge in [-0.05, 0) is 87.0 Å². The Kier molecular flexibility index (Phi) is 4.13. The van der Waals surface area contributed by atoms with Crippen LogP contribution in [0.3, 0.4) is 0 Å². The Morgan fingerprint density at radius 2 is 1.93 bits per heavy atom. The van der Waals surface area contributed by atoms with Crippen molar-refractivity contribution in [2.45, 2.75) is 76.4 Å². The number of rotatable bonds is 2. The van der Waals surface area contributed by atoms with E-state index in [0.717, 1.165) is 56.9 Å². The summed E-state index contributed by atoms with van der Waals surface area (Å²) in [4.78, 5) is 24.1. The minimum atomic E-state index is -0.788. The van der Waals surface area contributed by atoms with E-state index in [1.165, 1.54) is 6.29 Å². The van der Waals surface area contributed by atoms with Gasteiger partial charge in [0.1, 0.15) is 12.9 Å². The Morgan fingerprint density at radius 1 is 1.11 bits per heavy atom. The minimum absolute atomic E-state index is 0.131. The number of aliphatic hydroxyl groups is 2. The molecule has 5 heteroatoms. The zero-order valence-electron chi connectivity index (χ0n) is 16.7. The fraction of sp³-hybridized carbons (Fsp3) is 0.826. The van der Waals surface area contributed by atoms with Gasteiger partial charge in [-0.25, -0.2) is 4.79 Å². The van der Waals surface area contributed by atoms with Crippen LogP contribution in [-0.2, 0) is 14.3 Å². The molecule has 1 heterocycles. The normalized spacial score (nSPS) is 52.9. The summed E-state index contributed by atoms with van der Waals surface area (Å²) in [5, 5.41) is 22.3. The smallest absolute Gasteiger partial charge is 0.331 e. The topological polar surface area (TPSA) is 83.8 Å². The number of hydrogen-bond acceptors (Lipinski definition) is 5. The second kappa shape index (κ2) is 6.15. The van der Waals surface area contributed by atoms with Crippen LogP contribution in [0.1, 0.15) is 64.7 Å². The number of aldehydes is 1. The summed E-state index contributed by atoms with van der Waals surface area (Å²) >= 11 is 0. The van der Waals surface area contributed by atoms with Gasteiger partial charge in [-0.1, -0.05) is 6.92 Å². The average Bonchev–Trinajstić information content (AvgIpc) is 3.22. The van der Waals surface area contributed by atoms with Gasteiger partial charge in [0.2, 0.25) is 0 Å². The molecule has 2 N–H and O–H groups in total. The number of cyclic esters (lactones) is 1. The molecule has 0 spiro atoms. The molecule has 0 aromatic heterocycles. The van der Waals surface area contributed by atoms with Gasteiger partial charge in [0.05, 0.1) is 11.7 Å². The zero-order valence-corrected chi connectivity index (χ0v) is 16.7. The molecule has 0 aromatic carbocycles. The molecule has 5 nitrogen and oxygen atoms in total. The average molecular weight is 389 g/mol. The maximum Gasteiger partial charge on any atom is 0.331 e. The molecule has 4 aliphatic carbocycles. The third-order valence-electron chi connectivity index (χ3n) is 9.74. The van der Waals surface area contributed by atoms with Gasteiger partial charge < -0.3 is 19.7 Å². The lowest BCUT2D eigenvalue weighted by molar-refractivity contribution is -0.207. The fourth-order valence-corrected chi connectivity index (χ4v) is 8.31. The molecule has 4 saturated carbocycles. The molecular weight excluding hydrogens is 356 g/mol. The standard InChI is InChI=1S/C23H32O5/c1-21-7-5-18-19(3-2-15-11-16(25)4-8-22(15,18)13-24)23(21,27)9-6-17(21)14-10-20(26)28-12-14/h10,13,15-19,25,27H,2-9,11-12H2,1H3/t15-,16?,17?,18?,19?,21?,22?,23?/m0/s1. The van der Waals surface area contributed by atoms with Crippen molar-refractivity contribution in [3.05, 3.63) is 11.6 Å². The van der Waals surface area contributed by atoms with E-state index in [2.05, 4.69) is 6.92 Å². The number of carbonyl (C=O) groups is 2. The first-order valence-electron chi connectivity index (χ1n) is 11.1. The van der Waals surface area contributed by atoms with Crippen molar-refractivity contribution in [3.63, 3.8) is 0 Å². The van der Waals surface area contributed by atoms with Crippen LogP contribution in [-0.4, -0.2) is 40.8 Å². The molecule has 7 unspecified atom stereocenters. The van der Waals surface area contributed by atoms with Crippen molar-refractivity contribution in [3.8, 4) is 0 Å². The third-order valence-corrected chi connectivity index (χ3v) is 9.74. The van der Waals surface area contributed by atoms with E-state index in [1.807, 2.05) is 0 Å². The highest BCUT2D eigenvalue weighted by molar-refractivity contribution is 5.85. The van der Waals surface area contributed by atoms with Crippen LogP contribution in [0.2, 0.25) is 0 Å². The van der Waals surface area contributed by atoms with Crippen LogP contribution >= 0.6 is 0 Å². The molecule has 0 saturated heterocycles. The summed E-state index contributed by atoms with van der Waals surface area (Å²) in [6.45, 7) is 2.57. The maximum atomic E-state index is 12.4. The molecule has 4 fully saturated rings. The highest BCUT2D eigenvalue weighted by atomic mass is 16.5. The van der Waals surface area contributed by atoms with Crippen LogP contribution in [0, 0.1) is 34.5 Å².